The molecule has 2 aromatic rings. The van der Waals surface area contributed by atoms with Crippen LogP contribution in [0.5, 0.6) is 0 Å². The number of carbonyl (C=O) groups is 3. The second kappa shape index (κ2) is 5.00. The fourth-order valence-corrected chi connectivity index (χ4v) is 2.51. The van der Waals surface area contributed by atoms with Crippen LogP contribution in [0.4, 0.5) is 10.5 Å². The summed E-state index contributed by atoms with van der Waals surface area (Å²) in [6.45, 7) is 0. The van der Waals surface area contributed by atoms with Crippen LogP contribution in [0.3, 0.4) is 0 Å². The van der Waals surface area contributed by atoms with Crippen LogP contribution >= 0.6 is 0 Å². The van der Waals surface area contributed by atoms with E-state index >= 15 is 0 Å². The number of hydrogen-bond donors (Lipinski definition) is 2. The first-order valence-corrected chi connectivity index (χ1v) is 6.57. The SMILES string of the molecule is Nc1ccc2nc(C3CC(=O)[N+](O)(OC(=O)[O-])C3=O)ccc2c1. The van der Waals surface area contributed by atoms with Crippen LogP contribution in [0.1, 0.15) is 18.0 Å². The molecule has 1 aromatic heterocycles. The molecule has 3 N–H and O–H groups in total. The van der Waals surface area contributed by atoms with Gasteiger partial charge in [-0.2, -0.15) is 5.21 Å². The van der Waals surface area contributed by atoms with Gasteiger partial charge in [-0.3, -0.25) is 4.98 Å². The van der Waals surface area contributed by atoms with Crippen molar-refractivity contribution < 1.29 is 34.3 Å². The number of fused-ring (bicyclic) bond motifs is 1. The Kier molecular flexibility index (Phi) is 3.24. The van der Waals surface area contributed by atoms with Gasteiger partial charge in [0, 0.05) is 11.1 Å². The number of imide groups is 1. The Hall–Kier alpha value is -3.04. The Morgan fingerprint density at radius 1 is 1.35 bits per heavy atom. The minimum absolute atomic E-state index is 0.219. The quantitative estimate of drug-likeness (QED) is 0.336. The molecule has 0 saturated carbocycles. The van der Waals surface area contributed by atoms with Crippen LogP contribution in [0.15, 0.2) is 30.3 Å². The zero-order valence-corrected chi connectivity index (χ0v) is 11.6. The van der Waals surface area contributed by atoms with E-state index in [0.717, 1.165) is 5.39 Å². The van der Waals surface area contributed by atoms with Crippen LogP contribution in [-0.2, 0) is 14.4 Å². The van der Waals surface area contributed by atoms with Gasteiger partial charge in [0.15, 0.2) is 0 Å². The number of anilines is 1. The zero-order chi connectivity index (χ0) is 16.8. The molecule has 9 nitrogen and oxygen atoms in total. The summed E-state index contributed by atoms with van der Waals surface area (Å²) < 4.78 is 0. The van der Waals surface area contributed by atoms with Crippen molar-refractivity contribution in [2.45, 2.75) is 12.3 Å². The van der Waals surface area contributed by atoms with Crippen molar-refractivity contribution in [2.75, 3.05) is 5.73 Å². The number of aromatic nitrogens is 1. The first-order chi connectivity index (χ1) is 10.8. The number of nitrogens with two attached hydrogens (primary N) is 1. The van der Waals surface area contributed by atoms with Gasteiger partial charge in [0.2, 0.25) is 0 Å². The van der Waals surface area contributed by atoms with Gasteiger partial charge in [0.25, 0.3) is 0 Å². The number of rotatable bonds is 2. The summed E-state index contributed by atoms with van der Waals surface area (Å²) in [5.41, 5.74) is 6.98. The van der Waals surface area contributed by atoms with Crippen molar-refractivity contribution in [3.8, 4) is 0 Å². The Morgan fingerprint density at radius 2 is 2.09 bits per heavy atom. The molecular formula is C14H11N3O6. The number of amides is 2. The Balaban J connectivity index is 1.99. The molecule has 0 aliphatic carbocycles. The summed E-state index contributed by atoms with van der Waals surface area (Å²) in [5, 5.41) is 21.0. The van der Waals surface area contributed by atoms with Crippen molar-refractivity contribution >= 4 is 34.6 Å². The zero-order valence-electron chi connectivity index (χ0n) is 11.6. The van der Waals surface area contributed by atoms with E-state index in [9.17, 15) is 24.7 Å². The maximum absolute atomic E-state index is 12.2. The highest BCUT2D eigenvalue weighted by molar-refractivity contribution is 5.96. The Bertz CT molecular complexity index is 852. The lowest BCUT2D eigenvalue weighted by Gasteiger charge is -2.20. The molecule has 0 spiro atoms. The van der Waals surface area contributed by atoms with Crippen LogP contribution in [0, 0.1) is 0 Å². The molecule has 1 saturated heterocycles. The van der Waals surface area contributed by atoms with Crippen LogP contribution < -0.4 is 10.8 Å². The summed E-state index contributed by atoms with van der Waals surface area (Å²) in [6, 6.07) is 8.14. The molecule has 2 amide bonds. The van der Waals surface area contributed by atoms with E-state index in [2.05, 4.69) is 9.82 Å². The molecular weight excluding hydrogens is 306 g/mol. The van der Waals surface area contributed by atoms with E-state index in [0.29, 0.717) is 11.2 Å². The van der Waals surface area contributed by atoms with Crippen molar-refractivity contribution in [3.63, 3.8) is 0 Å². The molecule has 0 bridgehead atoms. The van der Waals surface area contributed by atoms with Crippen molar-refractivity contribution in [2.24, 2.45) is 0 Å². The number of nitrogen functional groups attached to an aromatic ring is 1. The molecule has 23 heavy (non-hydrogen) atoms. The highest BCUT2D eigenvalue weighted by Gasteiger charge is 2.59. The molecule has 9 heteroatoms. The highest BCUT2D eigenvalue weighted by atomic mass is 17.0. The maximum atomic E-state index is 12.2. The van der Waals surface area contributed by atoms with Gasteiger partial charge in [-0.05, 0) is 24.3 Å². The van der Waals surface area contributed by atoms with E-state index in [-0.39, 0.29) is 5.69 Å². The molecule has 1 aliphatic rings. The van der Waals surface area contributed by atoms with E-state index < -0.39 is 35.1 Å². The summed E-state index contributed by atoms with van der Waals surface area (Å²) in [7, 11) is 0. The lowest BCUT2D eigenvalue weighted by atomic mass is 10.0. The van der Waals surface area contributed by atoms with Crippen molar-refractivity contribution in [1.82, 2.24) is 4.98 Å². The van der Waals surface area contributed by atoms with Gasteiger partial charge in [0.05, 0.1) is 22.4 Å². The van der Waals surface area contributed by atoms with Crippen LogP contribution in [-0.4, -0.2) is 33.0 Å². The third-order valence-corrected chi connectivity index (χ3v) is 3.61. The predicted octanol–water partition coefficient (Wildman–Crippen LogP) is -0.162. The standard InChI is InChI=1S/C14H11N3O6/c15-8-2-4-10-7(5-8)1-3-11(16-10)9-6-12(18)17(22,13(9)19)23-14(20)21/h1-5,9,22H,6,15H2. The predicted molar refractivity (Wildman–Crippen MR) is 72.1 cm³/mol. The molecule has 1 aliphatic heterocycles. The number of hydroxylamine groups is 4. The molecule has 1 fully saturated rings. The first-order valence-electron chi connectivity index (χ1n) is 6.57. The number of pyridine rings is 1. The fourth-order valence-electron chi connectivity index (χ4n) is 2.51. The lowest BCUT2D eigenvalue weighted by molar-refractivity contribution is -1.12. The fraction of sp³-hybridized carbons (Fsp3) is 0.143. The summed E-state index contributed by atoms with van der Waals surface area (Å²) in [5.74, 6) is -3.36. The van der Waals surface area contributed by atoms with Gasteiger partial charge in [0.1, 0.15) is 5.92 Å². The van der Waals surface area contributed by atoms with E-state index in [1.165, 1.54) is 6.07 Å². The molecule has 2 unspecified atom stereocenters. The first kappa shape index (κ1) is 14.9. The molecule has 1 aromatic carbocycles. The lowest BCUT2D eigenvalue weighted by Crippen LogP contribution is -2.53. The summed E-state index contributed by atoms with van der Waals surface area (Å²) in [6.07, 6.45) is -2.62. The molecule has 2 atom stereocenters. The molecule has 3 rings (SSSR count). The number of carboxylic acid groups (broad SMARTS) is 1. The number of nitrogens with zero attached hydrogens (tertiary/aromatic N) is 2. The van der Waals surface area contributed by atoms with Crippen molar-refractivity contribution in [3.05, 3.63) is 36.0 Å². The highest BCUT2D eigenvalue weighted by Crippen LogP contribution is 2.34. The largest absolute Gasteiger partial charge is 0.422 e. The van der Waals surface area contributed by atoms with E-state index in [1.807, 2.05) is 0 Å². The second-order valence-corrected chi connectivity index (χ2v) is 5.09. The van der Waals surface area contributed by atoms with Gasteiger partial charge < -0.3 is 20.5 Å². The molecule has 118 valence electrons. The Labute approximate surface area is 129 Å². The van der Waals surface area contributed by atoms with Gasteiger partial charge >= 0.3 is 18.0 Å². The van der Waals surface area contributed by atoms with Gasteiger partial charge in [-0.25, -0.2) is 9.59 Å². The minimum Gasteiger partial charge on any atom is -0.422 e. The number of hydrogen-bond acceptors (Lipinski definition) is 8. The third kappa shape index (κ3) is 2.37. The van der Waals surface area contributed by atoms with Gasteiger partial charge in [-0.1, -0.05) is 6.07 Å². The molecule has 2 heterocycles. The van der Waals surface area contributed by atoms with E-state index in [1.54, 1.807) is 24.3 Å². The average molecular weight is 317 g/mol. The average Bonchev–Trinajstić information content (AvgIpc) is 2.70. The van der Waals surface area contributed by atoms with Gasteiger partial charge in [-0.15, -0.1) is 0 Å². The number of carbonyl (C=O) groups excluding carboxylic acids is 3. The summed E-state index contributed by atoms with van der Waals surface area (Å²) >= 11 is 0. The minimum atomic E-state index is -2.28. The smallest absolute Gasteiger partial charge is 0.394 e. The monoisotopic (exact) mass is 317 g/mol. The molecule has 0 radical (unpaired) electrons. The second-order valence-electron chi connectivity index (χ2n) is 5.09. The van der Waals surface area contributed by atoms with Crippen LogP contribution in [0.25, 0.3) is 10.9 Å². The van der Waals surface area contributed by atoms with Crippen molar-refractivity contribution in [1.29, 1.82) is 0 Å². The number of benzene rings is 1. The van der Waals surface area contributed by atoms with Crippen LogP contribution in [0.2, 0.25) is 0 Å². The third-order valence-electron chi connectivity index (χ3n) is 3.61. The topological polar surface area (TPSA) is 143 Å². The summed E-state index contributed by atoms with van der Waals surface area (Å²) in [4.78, 5) is 40.3. The Morgan fingerprint density at radius 3 is 2.78 bits per heavy atom. The normalized spacial score (nSPS) is 24.1. The van der Waals surface area contributed by atoms with E-state index in [4.69, 9.17) is 5.73 Å². The number of quaternary nitrogens is 1. The maximum Gasteiger partial charge on any atom is 0.394 e.